The van der Waals surface area contributed by atoms with E-state index in [-0.39, 0.29) is 24.5 Å². The number of carbonyl (C=O) groups is 1. The van der Waals surface area contributed by atoms with E-state index in [0.29, 0.717) is 37.4 Å². The third-order valence-corrected chi connectivity index (χ3v) is 6.79. The third kappa shape index (κ3) is 5.44. The summed E-state index contributed by atoms with van der Waals surface area (Å²) in [6.07, 6.45) is 2.40. The van der Waals surface area contributed by atoms with Gasteiger partial charge in [-0.25, -0.2) is 14.3 Å². The van der Waals surface area contributed by atoms with E-state index in [4.69, 9.17) is 4.74 Å². The van der Waals surface area contributed by atoms with Crippen molar-refractivity contribution in [3.05, 3.63) is 63.1 Å². The first kappa shape index (κ1) is 25.8. The normalized spacial score (nSPS) is 15.4. The largest absolute Gasteiger partial charge is 0.383 e. The summed E-state index contributed by atoms with van der Waals surface area (Å²) in [5, 5.41) is 0. The molecule has 1 saturated heterocycles. The monoisotopic (exact) mass is 496 g/mol. The highest BCUT2D eigenvalue weighted by atomic mass is 16.5. The number of carbonyl (C=O) groups excluding carboxylic acids is 1. The van der Waals surface area contributed by atoms with Gasteiger partial charge >= 0.3 is 5.69 Å². The van der Waals surface area contributed by atoms with Crippen LogP contribution in [0.3, 0.4) is 0 Å². The summed E-state index contributed by atoms with van der Waals surface area (Å²) in [6.45, 7) is 10.1. The van der Waals surface area contributed by atoms with Crippen LogP contribution in [0.25, 0.3) is 11.2 Å². The minimum atomic E-state index is -0.534. The number of hydrogen-bond acceptors (Lipinski definition) is 6. The molecule has 0 atom stereocenters. The molecule has 10 nitrogen and oxygen atoms in total. The lowest BCUT2D eigenvalue weighted by atomic mass is 10.1. The maximum absolute atomic E-state index is 13.6. The Hall–Kier alpha value is -3.24. The van der Waals surface area contributed by atoms with E-state index in [1.54, 1.807) is 22.9 Å². The summed E-state index contributed by atoms with van der Waals surface area (Å²) in [7, 11) is 1.59. The Balaban J connectivity index is 1.70. The summed E-state index contributed by atoms with van der Waals surface area (Å²) in [6, 6.07) is 9.53. The zero-order valence-electron chi connectivity index (χ0n) is 21.6. The summed E-state index contributed by atoms with van der Waals surface area (Å²) in [4.78, 5) is 49.0. The van der Waals surface area contributed by atoms with Crippen LogP contribution in [0.15, 0.2) is 46.2 Å². The number of rotatable bonds is 7. The molecule has 0 spiro atoms. The number of ether oxygens (including phenoxy) is 1. The molecule has 1 aliphatic heterocycles. The molecule has 3 aromatic rings. The van der Waals surface area contributed by atoms with Crippen LogP contribution < -0.4 is 11.2 Å². The van der Waals surface area contributed by atoms with E-state index < -0.39 is 11.2 Å². The summed E-state index contributed by atoms with van der Waals surface area (Å²) < 4.78 is 9.41. The maximum atomic E-state index is 13.6. The smallest absolute Gasteiger partial charge is 0.333 e. The standard InChI is InChI=1S/C26H36N6O4/c1-26(2,3)30-12-8-11-28(13-14-30)21(33)18-32-24(34)22-23(27-19-29(22)15-16-36-4)31(25(32)35)17-20-9-6-5-7-10-20/h5-7,9-10,19H,8,11-18H2,1-4H3. The molecular formula is C26H36N6O4. The lowest BCUT2D eigenvalue weighted by Gasteiger charge is -2.34. The van der Waals surface area contributed by atoms with Crippen molar-refractivity contribution in [3.63, 3.8) is 0 Å². The van der Waals surface area contributed by atoms with Crippen LogP contribution in [0.4, 0.5) is 0 Å². The van der Waals surface area contributed by atoms with Gasteiger partial charge in [-0.3, -0.25) is 19.1 Å². The number of amides is 1. The number of nitrogens with zero attached hydrogens (tertiary/aromatic N) is 6. The van der Waals surface area contributed by atoms with Gasteiger partial charge in [-0.15, -0.1) is 0 Å². The van der Waals surface area contributed by atoms with E-state index >= 15 is 0 Å². The highest BCUT2D eigenvalue weighted by Crippen LogP contribution is 2.16. The molecule has 36 heavy (non-hydrogen) atoms. The Kier molecular flexibility index (Phi) is 7.75. The number of aromatic nitrogens is 4. The molecule has 1 aliphatic rings. The quantitative estimate of drug-likeness (QED) is 0.491. The molecule has 194 valence electrons. The molecule has 2 aromatic heterocycles. The van der Waals surface area contributed by atoms with Gasteiger partial charge in [-0.1, -0.05) is 30.3 Å². The number of hydrogen-bond donors (Lipinski definition) is 0. The molecule has 4 rings (SSSR count). The van der Waals surface area contributed by atoms with Crippen molar-refractivity contribution in [2.45, 2.75) is 52.4 Å². The molecule has 0 N–H and O–H groups in total. The van der Waals surface area contributed by atoms with Crippen molar-refractivity contribution in [3.8, 4) is 0 Å². The molecule has 1 amide bonds. The van der Waals surface area contributed by atoms with Crippen molar-refractivity contribution in [2.75, 3.05) is 39.9 Å². The van der Waals surface area contributed by atoms with E-state index in [1.165, 1.54) is 4.57 Å². The number of imidazole rings is 1. The van der Waals surface area contributed by atoms with Gasteiger partial charge in [0.2, 0.25) is 5.91 Å². The SMILES string of the molecule is COCCn1cnc2c1c(=O)n(CC(=O)N1CCCN(C(C)(C)C)CC1)c(=O)n2Cc1ccccc1. The lowest BCUT2D eigenvalue weighted by Crippen LogP contribution is -2.47. The van der Waals surface area contributed by atoms with Crippen LogP contribution in [0.5, 0.6) is 0 Å². The highest BCUT2D eigenvalue weighted by Gasteiger charge is 2.27. The Labute approximate surface area is 210 Å². The van der Waals surface area contributed by atoms with E-state index in [2.05, 4.69) is 30.7 Å². The summed E-state index contributed by atoms with van der Waals surface area (Å²) >= 11 is 0. The molecule has 0 radical (unpaired) electrons. The van der Waals surface area contributed by atoms with Gasteiger partial charge in [0, 0.05) is 45.4 Å². The van der Waals surface area contributed by atoms with Crippen molar-refractivity contribution in [1.29, 1.82) is 0 Å². The van der Waals surface area contributed by atoms with Crippen LogP contribution in [0, 0.1) is 0 Å². The molecule has 10 heteroatoms. The van der Waals surface area contributed by atoms with Crippen molar-refractivity contribution < 1.29 is 9.53 Å². The molecule has 3 heterocycles. The van der Waals surface area contributed by atoms with Crippen LogP contribution in [0.1, 0.15) is 32.8 Å². The van der Waals surface area contributed by atoms with E-state index in [0.717, 1.165) is 29.6 Å². The number of methoxy groups -OCH3 is 1. The third-order valence-electron chi connectivity index (χ3n) is 6.79. The lowest BCUT2D eigenvalue weighted by molar-refractivity contribution is -0.131. The predicted molar refractivity (Wildman–Crippen MR) is 138 cm³/mol. The van der Waals surface area contributed by atoms with Crippen molar-refractivity contribution >= 4 is 17.1 Å². The van der Waals surface area contributed by atoms with Gasteiger partial charge in [0.25, 0.3) is 5.56 Å². The van der Waals surface area contributed by atoms with Gasteiger partial charge < -0.3 is 14.2 Å². The van der Waals surface area contributed by atoms with Gasteiger partial charge in [0.05, 0.1) is 19.5 Å². The maximum Gasteiger partial charge on any atom is 0.333 e. The molecule has 0 saturated carbocycles. The summed E-state index contributed by atoms with van der Waals surface area (Å²) in [5.41, 5.74) is 0.487. The van der Waals surface area contributed by atoms with Gasteiger partial charge in [-0.05, 0) is 32.8 Å². The molecule has 0 aliphatic carbocycles. The van der Waals surface area contributed by atoms with Gasteiger partial charge in [-0.2, -0.15) is 0 Å². The minimum Gasteiger partial charge on any atom is -0.383 e. The Bertz CT molecular complexity index is 1320. The van der Waals surface area contributed by atoms with Crippen molar-refractivity contribution in [1.82, 2.24) is 28.5 Å². The predicted octanol–water partition coefficient (Wildman–Crippen LogP) is 1.39. The first-order chi connectivity index (χ1) is 17.2. The molecule has 0 bridgehead atoms. The average molecular weight is 497 g/mol. The van der Waals surface area contributed by atoms with E-state index in [1.807, 2.05) is 30.3 Å². The molecular weight excluding hydrogens is 460 g/mol. The first-order valence-corrected chi connectivity index (χ1v) is 12.4. The fourth-order valence-electron chi connectivity index (χ4n) is 4.72. The number of benzene rings is 1. The fourth-order valence-corrected chi connectivity index (χ4v) is 4.72. The topological polar surface area (TPSA) is 94.6 Å². The highest BCUT2D eigenvalue weighted by molar-refractivity contribution is 5.77. The molecule has 1 fully saturated rings. The fraction of sp³-hybridized carbons (Fsp3) is 0.538. The summed E-state index contributed by atoms with van der Waals surface area (Å²) in [5.74, 6) is -0.224. The zero-order valence-corrected chi connectivity index (χ0v) is 21.6. The van der Waals surface area contributed by atoms with Crippen molar-refractivity contribution in [2.24, 2.45) is 0 Å². The Morgan fingerprint density at radius 3 is 2.47 bits per heavy atom. The van der Waals surface area contributed by atoms with Gasteiger partial charge in [0.1, 0.15) is 6.54 Å². The zero-order chi connectivity index (χ0) is 25.9. The molecule has 0 unspecified atom stereocenters. The van der Waals surface area contributed by atoms with Crippen LogP contribution in [-0.4, -0.2) is 79.8 Å². The van der Waals surface area contributed by atoms with Crippen LogP contribution in [-0.2, 0) is 29.2 Å². The average Bonchev–Trinajstić information content (AvgIpc) is 3.09. The minimum absolute atomic E-state index is 0.0206. The number of fused-ring (bicyclic) bond motifs is 1. The van der Waals surface area contributed by atoms with Crippen LogP contribution in [0.2, 0.25) is 0 Å². The van der Waals surface area contributed by atoms with Gasteiger partial charge in [0.15, 0.2) is 11.2 Å². The first-order valence-electron chi connectivity index (χ1n) is 12.4. The van der Waals surface area contributed by atoms with E-state index in [9.17, 15) is 14.4 Å². The van der Waals surface area contributed by atoms with Crippen LogP contribution >= 0.6 is 0 Å². The second-order valence-electron chi connectivity index (χ2n) is 10.2. The Morgan fingerprint density at radius 2 is 1.78 bits per heavy atom. The second kappa shape index (κ2) is 10.8. The molecule has 1 aromatic carbocycles. The second-order valence-corrected chi connectivity index (χ2v) is 10.2. The Morgan fingerprint density at radius 1 is 1.03 bits per heavy atom.